The van der Waals surface area contributed by atoms with Crippen molar-refractivity contribution in [3.8, 4) is 0 Å². The van der Waals surface area contributed by atoms with Gasteiger partial charge in [0.2, 0.25) is 0 Å². The van der Waals surface area contributed by atoms with Crippen LogP contribution in [0.3, 0.4) is 0 Å². The molecule has 0 amide bonds. The lowest BCUT2D eigenvalue weighted by Gasteiger charge is -2.01. The Kier molecular flexibility index (Phi) is 11.7. The van der Waals surface area contributed by atoms with Gasteiger partial charge in [0.1, 0.15) is 0 Å². The lowest BCUT2D eigenvalue weighted by molar-refractivity contribution is -0.112. The van der Waals surface area contributed by atoms with Gasteiger partial charge in [0.15, 0.2) is 5.78 Å². The molecule has 2 rings (SSSR count). The Morgan fingerprint density at radius 2 is 1.72 bits per heavy atom. The summed E-state index contributed by atoms with van der Waals surface area (Å²) in [5.41, 5.74) is 6.26. The summed E-state index contributed by atoms with van der Waals surface area (Å²) >= 11 is 3.48. The second-order valence-electron chi connectivity index (χ2n) is 6.00. The molecular formula is C22H30BrNO. The van der Waals surface area contributed by atoms with E-state index in [1.807, 2.05) is 19.9 Å². The van der Waals surface area contributed by atoms with Crippen molar-refractivity contribution in [2.45, 2.75) is 54.4 Å². The topological polar surface area (TPSA) is 30.0 Å². The highest BCUT2D eigenvalue weighted by Gasteiger charge is 1.95. The molecule has 1 aromatic heterocycles. The van der Waals surface area contributed by atoms with Gasteiger partial charge in [-0.15, -0.1) is 0 Å². The summed E-state index contributed by atoms with van der Waals surface area (Å²) < 4.78 is 1.21. The maximum Gasteiger partial charge on any atom is 0.152 e. The van der Waals surface area contributed by atoms with Gasteiger partial charge in [-0.25, -0.2) is 0 Å². The number of ketones is 1. The summed E-state index contributed by atoms with van der Waals surface area (Å²) in [5, 5.41) is 0. The first-order valence-corrected chi connectivity index (χ1v) is 9.29. The summed E-state index contributed by atoms with van der Waals surface area (Å²) in [6.45, 7) is 15.1. The molecule has 136 valence electrons. The zero-order valence-corrected chi connectivity index (χ0v) is 17.9. The summed E-state index contributed by atoms with van der Waals surface area (Å²) in [5.74, 6) is 0.0185. The van der Waals surface area contributed by atoms with Crippen LogP contribution in [0.2, 0.25) is 0 Å². The van der Waals surface area contributed by atoms with Crippen LogP contribution < -0.4 is 0 Å². The first-order valence-electron chi connectivity index (χ1n) is 8.50. The van der Waals surface area contributed by atoms with Crippen LogP contribution in [0.4, 0.5) is 0 Å². The molecule has 25 heavy (non-hydrogen) atoms. The number of pyridine rings is 1. The molecule has 2 nitrogen and oxygen atoms in total. The first-order chi connectivity index (χ1) is 11.7. The molecule has 1 heterocycles. The number of aryl methyl sites for hydroxylation is 5. The molecule has 0 atom stereocenters. The van der Waals surface area contributed by atoms with Crippen LogP contribution in [0.1, 0.15) is 48.3 Å². The van der Waals surface area contributed by atoms with E-state index < -0.39 is 0 Å². The largest absolute Gasteiger partial charge is 0.295 e. The third-order valence-corrected chi connectivity index (χ3v) is 4.43. The molecule has 0 bridgehead atoms. The van der Waals surface area contributed by atoms with Gasteiger partial charge >= 0.3 is 0 Å². The molecule has 0 aliphatic heterocycles. The fourth-order valence-electron chi connectivity index (χ4n) is 1.91. The number of aromatic nitrogens is 1. The normalized spacial score (nSPS) is 9.24. The Balaban J connectivity index is 0.000000372. The Morgan fingerprint density at radius 1 is 1.12 bits per heavy atom. The molecule has 1 aromatic carbocycles. The first kappa shape index (κ1) is 23.3. The van der Waals surface area contributed by atoms with Crippen molar-refractivity contribution in [2.24, 2.45) is 0 Å². The SMILES string of the molecule is C=CC(C)=O.CCCc1ccc(Br)c(C)c1.Cc1ccc(C)c(C)n1. The summed E-state index contributed by atoms with van der Waals surface area (Å²) in [6, 6.07) is 10.7. The average Bonchev–Trinajstić information content (AvgIpc) is 2.56. The molecule has 3 heteroatoms. The average molecular weight is 404 g/mol. The number of carbonyl (C=O) groups excluding carboxylic acids is 1. The standard InChI is InChI=1S/C10H13Br.C8H11N.C4H6O/c1-3-4-9-5-6-10(11)8(2)7-9;1-6-4-5-7(2)9-8(6)3;1-3-4(2)5/h5-7H,3-4H2,1-2H3;4-5H,1-3H3;3H,1H2,2H3. The quantitative estimate of drug-likeness (QED) is 0.548. The number of rotatable bonds is 3. The number of hydrogen-bond acceptors (Lipinski definition) is 2. The Hall–Kier alpha value is -1.74. The maximum absolute atomic E-state index is 9.69. The fraction of sp³-hybridized carbons (Fsp3) is 0.364. The van der Waals surface area contributed by atoms with E-state index in [1.165, 1.54) is 47.0 Å². The van der Waals surface area contributed by atoms with Crippen molar-refractivity contribution in [3.63, 3.8) is 0 Å². The molecule has 0 fully saturated rings. The van der Waals surface area contributed by atoms with Gasteiger partial charge in [0.05, 0.1) is 0 Å². The maximum atomic E-state index is 9.69. The third-order valence-electron chi connectivity index (χ3n) is 3.54. The second-order valence-corrected chi connectivity index (χ2v) is 6.86. The van der Waals surface area contributed by atoms with Crippen molar-refractivity contribution in [1.29, 1.82) is 0 Å². The van der Waals surface area contributed by atoms with Crippen LogP contribution in [0.15, 0.2) is 47.5 Å². The van der Waals surface area contributed by atoms with E-state index in [0.717, 1.165) is 11.4 Å². The van der Waals surface area contributed by atoms with Gasteiger partial charge < -0.3 is 0 Å². The number of carbonyl (C=O) groups is 1. The highest BCUT2D eigenvalue weighted by molar-refractivity contribution is 9.10. The van der Waals surface area contributed by atoms with Gasteiger partial charge in [-0.3, -0.25) is 9.78 Å². The van der Waals surface area contributed by atoms with Crippen LogP contribution in [-0.4, -0.2) is 10.8 Å². The van der Waals surface area contributed by atoms with E-state index in [1.54, 1.807) is 0 Å². The van der Waals surface area contributed by atoms with Crippen molar-refractivity contribution in [3.05, 3.63) is 75.5 Å². The molecule has 0 saturated carbocycles. The number of nitrogens with zero attached hydrogens (tertiary/aromatic N) is 1. The minimum Gasteiger partial charge on any atom is -0.295 e. The van der Waals surface area contributed by atoms with E-state index in [9.17, 15) is 4.79 Å². The summed E-state index contributed by atoms with van der Waals surface area (Å²) in [7, 11) is 0. The van der Waals surface area contributed by atoms with E-state index in [2.05, 4.69) is 72.5 Å². The zero-order valence-electron chi connectivity index (χ0n) is 16.3. The van der Waals surface area contributed by atoms with Crippen molar-refractivity contribution in [1.82, 2.24) is 4.98 Å². The van der Waals surface area contributed by atoms with E-state index in [4.69, 9.17) is 0 Å². The monoisotopic (exact) mass is 403 g/mol. The molecule has 0 aliphatic carbocycles. The highest BCUT2D eigenvalue weighted by Crippen LogP contribution is 2.17. The zero-order chi connectivity index (χ0) is 19.4. The molecule has 2 aromatic rings. The molecule has 0 aliphatic rings. The van der Waals surface area contributed by atoms with Gasteiger partial charge in [-0.2, -0.15) is 0 Å². The van der Waals surface area contributed by atoms with Gasteiger partial charge in [0.25, 0.3) is 0 Å². The smallest absolute Gasteiger partial charge is 0.152 e. The minimum atomic E-state index is 0.0185. The minimum absolute atomic E-state index is 0.0185. The van der Waals surface area contributed by atoms with Crippen LogP contribution >= 0.6 is 15.9 Å². The van der Waals surface area contributed by atoms with Gasteiger partial charge in [-0.1, -0.05) is 54.1 Å². The predicted octanol–water partition coefficient (Wildman–Crippen LogP) is 6.48. The molecule has 0 N–H and O–H groups in total. The number of benzene rings is 1. The Bertz CT molecular complexity index is 692. The molecule has 0 unspecified atom stereocenters. The lowest BCUT2D eigenvalue weighted by Crippen LogP contribution is -1.87. The van der Waals surface area contributed by atoms with Crippen LogP contribution in [0.5, 0.6) is 0 Å². The summed E-state index contributed by atoms with van der Waals surface area (Å²) in [6.07, 6.45) is 3.69. The molecular weight excluding hydrogens is 374 g/mol. The highest BCUT2D eigenvalue weighted by atomic mass is 79.9. The number of hydrogen-bond donors (Lipinski definition) is 0. The van der Waals surface area contributed by atoms with Crippen LogP contribution in [0, 0.1) is 27.7 Å². The number of allylic oxidation sites excluding steroid dienone is 1. The Morgan fingerprint density at radius 3 is 2.12 bits per heavy atom. The van der Waals surface area contributed by atoms with Gasteiger partial charge in [-0.05, 0) is 75.9 Å². The Labute approximate surface area is 161 Å². The lowest BCUT2D eigenvalue weighted by atomic mass is 10.1. The number of halogens is 1. The van der Waals surface area contributed by atoms with E-state index in [-0.39, 0.29) is 5.78 Å². The summed E-state index contributed by atoms with van der Waals surface area (Å²) in [4.78, 5) is 14.0. The fourth-order valence-corrected chi connectivity index (χ4v) is 2.15. The second kappa shape index (κ2) is 12.6. The van der Waals surface area contributed by atoms with Gasteiger partial charge in [0, 0.05) is 15.9 Å². The van der Waals surface area contributed by atoms with E-state index >= 15 is 0 Å². The molecule has 0 radical (unpaired) electrons. The van der Waals surface area contributed by atoms with Crippen LogP contribution in [0.25, 0.3) is 0 Å². The van der Waals surface area contributed by atoms with Crippen molar-refractivity contribution in [2.75, 3.05) is 0 Å². The molecule has 0 spiro atoms. The van der Waals surface area contributed by atoms with Crippen molar-refractivity contribution < 1.29 is 4.79 Å². The van der Waals surface area contributed by atoms with Crippen LogP contribution in [-0.2, 0) is 11.2 Å². The van der Waals surface area contributed by atoms with Crippen molar-refractivity contribution >= 4 is 21.7 Å². The molecule has 0 saturated heterocycles. The van der Waals surface area contributed by atoms with E-state index in [0.29, 0.717) is 0 Å². The third kappa shape index (κ3) is 10.7. The predicted molar refractivity (Wildman–Crippen MR) is 112 cm³/mol.